The number of ether oxygens (including phenoxy) is 2. The number of carbonyl (C=O) groups is 3. The Bertz CT molecular complexity index is 1030. The zero-order chi connectivity index (χ0) is 21.3. The molecular formula is C22H23N3O5. The second kappa shape index (κ2) is 8.06. The lowest BCUT2D eigenvalue weighted by molar-refractivity contribution is -0.123. The Balaban J connectivity index is 1.56. The Morgan fingerprint density at radius 1 is 1.03 bits per heavy atom. The SMILES string of the molecule is Cc1ccc(C(=O)N2CCNC(=O)C2)cc1NC(=O)c1cc2c(cc1C)OCCO2. The van der Waals surface area contributed by atoms with Crippen LogP contribution in [0.2, 0.25) is 0 Å². The smallest absolute Gasteiger partial charge is 0.256 e. The number of benzene rings is 2. The van der Waals surface area contributed by atoms with Gasteiger partial charge in [-0.15, -0.1) is 0 Å². The van der Waals surface area contributed by atoms with Crippen LogP contribution in [0, 0.1) is 13.8 Å². The summed E-state index contributed by atoms with van der Waals surface area (Å²) in [6.07, 6.45) is 0. The van der Waals surface area contributed by atoms with E-state index in [0.717, 1.165) is 11.1 Å². The first-order valence-electron chi connectivity index (χ1n) is 9.80. The minimum atomic E-state index is -0.297. The normalized spacial score (nSPS) is 15.4. The minimum absolute atomic E-state index is 0.0325. The topological polar surface area (TPSA) is 97.0 Å². The van der Waals surface area contributed by atoms with E-state index in [4.69, 9.17) is 9.47 Å². The molecule has 0 radical (unpaired) electrons. The van der Waals surface area contributed by atoms with Crippen LogP contribution in [0.25, 0.3) is 0 Å². The van der Waals surface area contributed by atoms with Gasteiger partial charge in [-0.2, -0.15) is 0 Å². The summed E-state index contributed by atoms with van der Waals surface area (Å²) in [5.74, 6) is 0.459. The lowest BCUT2D eigenvalue weighted by Crippen LogP contribution is -2.49. The highest BCUT2D eigenvalue weighted by Gasteiger charge is 2.23. The summed E-state index contributed by atoms with van der Waals surface area (Å²) in [5.41, 5.74) is 3.03. The van der Waals surface area contributed by atoms with E-state index in [2.05, 4.69) is 10.6 Å². The summed E-state index contributed by atoms with van der Waals surface area (Å²) in [5, 5.41) is 5.60. The zero-order valence-corrected chi connectivity index (χ0v) is 16.9. The van der Waals surface area contributed by atoms with Crippen molar-refractivity contribution in [1.29, 1.82) is 0 Å². The average Bonchev–Trinajstić information content (AvgIpc) is 2.74. The highest BCUT2D eigenvalue weighted by Crippen LogP contribution is 2.33. The molecule has 2 aliphatic heterocycles. The van der Waals surface area contributed by atoms with Gasteiger partial charge in [0.05, 0.1) is 6.54 Å². The molecule has 2 aromatic rings. The number of anilines is 1. The number of carbonyl (C=O) groups excluding carboxylic acids is 3. The van der Waals surface area contributed by atoms with Crippen LogP contribution < -0.4 is 20.1 Å². The molecule has 3 amide bonds. The van der Waals surface area contributed by atoms with E-state index in [9.17, 15) is 14.4 Å². The van der Waals surface area contributed by atoms with Crippen molar-refractivity contribution in [3.63, 3.8) is 0 Å². The molecule has 2 aliphatic rings. The van der Waals surface area contributed by atoms with Crippen molar-refractivity contribution in [2.75, 3.05) is 38.2 Å². The van der Waals surface area contributed by atoms with Crippen LogP contribution >= 0.6 is 0 Å². The first kappa shape index (κ1) is 19.8. The van der Waals surface area contributed by atoms with Gasteiger partial charge in [0, 0.05) is 29.9 Å². The number of nitrogens with one attached hydrogen (secondary N) is 2. The Morgan fingerprint density at radius 3 is 2.50 bits per heavy atom. The van der Waals surface area contributed by atoms with E-state index in [-0.39, 0.29) is 24.3 Å². The molecule has 0 atom stereocenters. The molecular weight excluding hydrogens is 386 g/mol. The number of amides is 3. The Morgan fingerprint density at radius 2 is 1.77 bits per heavy atom. The van der Waals surface area contributed by atoms with Crippen LogP contribution in [-0.4, -0.2) is 55.5 Å². The predicted molar refractivity (Wildman–Crippen MR) is 110 cm³/mol. The van der Waals surface area contributed by atoms with Crippen LogP contribution in [0.4, 0.5) is 5.69 Å². The summed E-state index contributed by atoms with van der Waals surface area (Å²) in [6.45, 7) is 5.53. The molecule has 0 unspecified atom stereocenters. The van der Waals surface area contributed by atoms with Gasteiger partial charge in [-0.05, 0) is 49.2 Å². The molecule has 8 heteroatoms. The van der Waals surface area contributed by atoms with E-state index in [1.165, 1.54) is 4.90 Å². The number of rotatable bonds is 3. The molecule has 156 valence electrons. The van der Waals surface area contributed by atoms with Crippen molar-refractivity contribution in [2.24, 2.45) is 0 Å². The third kappa shape index (κ3) is 3.94. The van der Waals surface area contributed by atoms with E-state index in [1.807, 2.05) is 13.8 Å². The average molecular weight is 409 g/mol. The van der Waals surface area contributed by atoms with Gasteiger partial charge >= 0.3 is 0 Å². The molecule has 2 N–H and O–H groups in total. The predicted octanol–water partition coefficient (Wildman–Crippen LogP) is 1.90. The van der Waals surface area contributed by atoms with Crippen molar-refractivity contribution < 1.29 is 23.9 Å². The van der Waals surface area contributed by atoms with Crippen molar-refractivity contribution in [3.05, 3.63) is 52.6 Å². The Hall–Kier alpha value is -3.55. The molecule has 2 heterocycles. The maximum atomic E-state index is 12.9. The zero-order valence-electron chi connectivity index (χ0n) is 16.9. The van der Waals surface area contributed by atoms with Crippen molar-refractivity contribution in [3.8, 4) is 11.5 Å². The first-order chi connectivity index (χ1) is 14.4. The molecule has 30 heavy (non-hydrogen) atoms. The summed E-state index contributed by atoms with van der Waals surface area (Å²) >= 11 is 0. The molecule has 0 spiro atoms. The van der Waals surface area contributed by atoms with E-state index in [1.54, 1.807) is 30.3 Å². The van der Waals surface area contributed by atoms with Gasteiger partial charge in [-0.3, -0.25) is 14.4 Å². The van der Waals surface area contributed by atoms with Gasteiger partial charge < -0.3 is 25.0 Å². The quantitative estimate of drug-likeness (QED) is 0.807. The largest absolute Gasteiger partial charge is 0.486 e. The second-order valence-electron chi connectivity index (χ2n) is 7.37. The van der Waals surface area contributed by atoms with Gasteiger partial charge in [-0.1, -0.05) is 6.07 Å². The monoisotopic (exact) mass is 409 g/mol. The van der Waals surface area contributed by atoms with E-state index < -0.39 is 0 Å². The van der Waals surface area contributed by atoms with Crippen molar-refractivity contribution in [1.82, 2.24) is 10.2 Å². The number of aryl methyl sites for hydroxylation is 2. The third-order valence-electron chi connectivity index (χ3n) is 5.19. The highest BCUT2D eigenvalue weighted by atomic mass is 16.6. The molecule has 0 aromatic heterocycles. The third-order valence-corrected chi connectivity index (χ3v) is 5.19. The standard InChI is InChI=1S/C22H23N3O5/c1-13-3-4-15(22(28)25-6-5-23-20(26)12-25)10-17(13)24-21(27)16-11-19-18(9-14(16)2)29-7-8-30-19/h3-4,9-11H,5-8,12H2,1-2H3,(H,23,26)(H,24,27). The fourth-order valence-corrected chi connectivity index (χ4v) is 3.51. The molecule has 0 saturated carbocycles. The molecule has 8 nitrogen and oxygen atoms in total. The number of hydrogen-bond acceptors (Lipinski definition) is 5. The Kier molecular flexibility index (Phi) is 5.31. The fraction of sp³-hybridized carbons (Fsp3) is 0.318. The van der Waals surface area contributed by atoms with Gasteiger partial charge in [0.2, 0.25) is 5.91 Å². The number of hydrogen-bond donors (Lipinski definition) is 2. The lowest BCUT2D eigenvalue weighted by Gasteiger charge is -2.27. The van der Waals surface area contributed by atoms with E-state index >= 15 is 0 Å². The van der Waals surface area contributed by atoms with Crippen LogP contribution in [-0.2, 0) is 4.79 Å². The van der Waals surface area contributed by atoms with Gasteiger partial charge in [-0.25, -0.2) is 0 Å². The minimum Gasteiger partial charge on any atom is -0.486 e. The molecule has 0 bridgehead atoms. The summed E-state index contributed by atoms with van der Waals surface area (Å²) in [4.78, 5) is 38.8. The lowest BCUT2D eigenvalue weighted by atomic mass is 10.0. The van der Waals surface area contributed by atoms with Crippen molar-refractivity contribution >= 4 is 23.4 Å². The molecule has 2 aromatic carbocycles. The summed E-state index contributed by atoms with van der Waals surface area (Å²) in [7, 11) is 0. The molecule has 0 aliphatic carbocycles. The van der Waals surface area contributed by atoms with Crippen LogP contribution in [0.3, 0.4) is 0 Å². The number of fused-ring (bicyclic) bond motifs is 1. The maximum Gasteiger partial charge on any atom is 0.256 e. The summed E-state index contributed by atoms with van der Waals surface area (Å²) in [6, 6.07) is 8.60. The number of piperazine rings is 1. The summed E-state index contributed by atoms with van der Waals surface area (Å²) < 4.78 is 11.1. The highest BCUT2D eigenvalue weighted by molar-refractivity contribution is 6.07. The molecule has 4 rings (SSSR count). The first-order valence-corrected chi connectivity index (χ1v) is 9.80. The number of nitrogens with zero attached hydrogens (tertiary/aromatic N) is 1. The van der Waals surface area contributed by atoms with Gasteiger partial charge in [0.15, 0.2) is 11.5 Å². The molecule has 1 fully saturated rings. The van der Waals surface area contributed by atoms with Crippen molar-refractivity contribution in [2.45, 2.75) is 13.8 Å². The van der Waals surface area contributed by atoms with Crippen LogP contribution in [0.5, 0.6) is 11.5 Å². The van der Waals surface area contributed by atoms with Crippen LogP contribution in [0.15, 0.2) is 30.3 Å². The Labute approximate surface area is 174 Å². The second-order valence-corrected chi connectivity index (χ2v) is 7.37. The maximum absolute atomic E-state index is 12.9. The van der Waals surface area contributed by atoms with E-state index in [0.29, 0.717) is 54.6 Å². The van der Waals surface area contributed by atoms with Gasteiger partial charge in [0.1, 0.15) is 13.2 Å². The van der Waals surface area contributed by atoms with Gasteiger partial charge in [0.25, 0.3) is 11.8 Å². The fourth-order valence-electron chi connectivity index (χ4n) is 3.51. The van der Waals surface area contributed by atoms with Crippen LogP contribution in [0.1, 0.15) is 31.8 Å². The molecule has 1 saturated heterocycles.